The number of para-hydroxylation sites is 2. The number of anilines is 3. The minimum Gasteiger partial charge on any atom is -0.362 e. The number of hydrogen-bond acceptors (Lipinski definition) is 4. The van der Waals surface area contributed by atoms with Crippen LogP contribution >= 0.6 is 0 Å². The summed E-state index contributed by atoms with van der Waals surface area (Å²) in [7, 11) is -2.03. The van der Waals surface area contributed by atoms with Crippen molar-refractivity contribution < 1.29 is 13.2 Å². The number of amides is 1. The molecule has 8 heteroatoms. The molecule has 4 rings (SSSR count). The number of benzene rings is 3. The van der Waals surface area contributed by atoms with Gasteiger partial charge < -0.3 is 15.5 Å². The molecule has 0 radical (unpaired) electrons. The van der Waals surface area contributed by atoms with Gasteiger partial charge in [0.15, 0.2) is 0 Å². The van der Waals surface area contributed by atoms with Gasteiger partial charge >= 0.3 is 0 Å². The van der Waals surface area contributed by atoms with E-state index in [4.69, 9.17) is 0 Å². The highest BCUT2D eigenvalue weighted by Crippen LogP contribution is 2.24. The summed E-state index contributed by atoms with van der Waals surface area (Å²) in [6.45, 7) is 0.793. The van der Waals surface area contributed by atoms with Crippen LogP contribution in [0.25, 0.3) is 0 Å². The van der Waals surface area contributed by atoms with Gasteiger partial charge in [0.1, 0.15) is 5.84 Å². The Kier molecular flexibility index (Phi) is 6.23. The average Bonchev–Trinajstić information content (AvgIpc) is 3.18. The molecule has 0 saturated carbocycles. The van der Waals surface area contributed by atoms with E-state index in [1.165, 1.54) is 12.1 Å². The Morgan fingerprint density at radius 3 is 2.41 bits per heavy atom. The smallest absolute Gasteiger partial charge is 0.284 e. The highest BCUT2D eigenvalue weighted by Gasteiger charge is 2.21. The normalized spacial score (nSPS) is 15.0. The van der Waals surface area contributed by atoms with Crippen LogP contribution in [0.5, 0.6) is 0 Å². The van der Waals surface area contributed by atoms with Gasteiger partial charge in [0.2, 0.25) is 0 Å². The van der Waals surface area contributed by atoms with Crippen molar-refractivity contribution in [3.05, 3.63) is 84.4 Å². The summed E-state index contributed by atoms with van der Waals surface area (Å²) in [5, 5.41) is 6.04. The largest absolute Gasteiger partial charge is 0.362 e. The number of amidine groups is 1. The Hall–Kier alpha value is -3.65. The maximum atomic E-state index is 13.0. The van der Waals surface area contributed by atoms with E-state index in [1.54, 1.807) is 24.3 Å². The van der Waals surface area contributed by atoms with Gasteiger partial charge in [-0.15, -0.1) is 4.40 Å². The third-order valence-corrected chi connectivity index (χ3v) is 6.48. The number of carbonyl (C=O) groups is 1. The Bertz CT molecular complexity index is 1260. The minimum atomic E-state index is -3.87. The summed E-state index contributed by atoms with van der Waals surface area (Å²) in [6, 6.07) is 22.9. The molecule has 0 spiro atoms. The molecule has 0 bridgehead atoms. The number of carbonyl (C=O) groups excluding carboxylic acids is 1. The Labute approximate surface area is 187 Å². The molecule has 3 aromatic carbocycles. The van der Waals surface area contributed by atoms with E-state index >= 15 is 0 Å². The standard InChI is InChI=1S/C24H24N4O3S/c1-28-16-8-15-23(28)27-32(30,31)20-12-7-11-19(17-20)26-24(29)21-13-5-6-14-22(21)25-18-9-3-2-4-10-18/h2-7,9-14,17,25H,8,15-16H2,1H3,(H,26,29)/b27-23+. The molecule has 164 valence electrons. The van der Waals surface area contributed by atoms with E-state index in [0.717, 1.165) is 18.7 Å². The lowest BCUT2D eigenvalue weighted by atomic mass is 10.1. The second-order valence-electron chi connectivity index (χ2n) is 7.53. The summed E-state index contributed by atoms with van der Waals surface area (Å²) >= 11 is 0. The molecule has 0 unspecified atom stereocenters. The van der Waals surface area contributed by atoms with E-state index in [9.17, 15) is 13.2 Å². The molecule has 1 aliphatic heterocycles. The molecule has 32 heavy (non-hydrogen) atoms. The lowest BCUT2D eigenvalue weighted by Crippen LogP contribution is -2.20. The molecule has 1 saturated heterocycles. The number of rotatable bonds is 6. The highest BCUT2D eigenvalue weighted by atomic mass is 32.2. The van der Waals surface area contributed by atoms with E-state index in [-0.39, 0.29) is 10.8 Å². The molecule has 0 atom stereocenters. The van der Waals surface area contributed by atoms with Crippen molar-refractivity contribution in [3.8, 4) is 0 Å². The Morgan fingerprint density at radius 1 is 0.938 bits per heavy atom. The van der Waals surface area contributed by atoms with Crippen LogP contribution < -0.4 is 10.6 Å². The van der Waals surface area contributed by atoms with Gasteiger partial charge in [0, 0.05) is 31.4 Å². The van der Waals surface area contributed by atoms with Crippen molar-refractivity contribution >= 4 is 38.8 Å². The van der Waals surface area contributed by atoms with Crippen LogP contribution in [0.3, 0.4) is 0 Å². The van der Waals surface area contributed by atoms with Crippen LogP contribution in [0.2, 0.25) is 0 Å². The first kappa shape index (κ1) is 21.6. The first-order valence-corrected chi connectivity index (χ1v) is 11.7. The maximum Gasteiger partial charge on any atom is 0.284 e. The number of hydrogen-bond donors (Lipinski definition) is 2. The highest BCUT2D eigenvalue weighted by molar-refractivity contribution is 7.90. The third-order valence-electron chi connectivity index (χ3n) is 5.17. The second kappa shape index (κ2) is 9.23. The molecule has 7 nitrogen and oxygen atoms in total. The maximum absolute atomic E-state index is 13.0. The second-order valence-corrected chi connectivity index (χ2v) is 9.13. The zero-order chi connectivity index (χ0) is 22.6. The molecule has 1 heterocycles. The molecule has 2 N–H and O–H groups in total. The van der Waals surface area contributed by atoms with Crippen LogP contribution in [0.15, 0.2) is 88.2 Å². The first-order valence-electron chi connectivity index (χ1n) is 10.3. The van der Waals surface area contributed by atoms with Gasteiger partial charge in [-0.2, -0.15) is 8.42 Å². The molecule has 1 amide bonds. The number of nitrogens with one attached hydrogen (secondary N) is 2. The number of likely N-dealkylation sites (tertiary alicyclic amines) is 1. The van der Waals surface area contributed by atoms with Gasteiger partial charge in [-0.3, -0.25) is 4.79 Å². The van der Waals surface area contributed by atoms with Crippen molar-refractivity contribution in [3.63, 3.8) is 0 Å². The molecular weight excluding hydrogens is 424 g/mol. The fourth-order valence-corrected chi connectivity index (χ4v) is 4.64. The van der Waals surface area contributed by atoms with Crippen molar-refractivity contribution in [2.45, 2.75) is 17.7 Å². The molecule has 0 aliphatic carbocycles. The monoisotopic (exact) mass is 448 g/mol. The lowest BCUT2D eigenvalue weighted by Gasteiger charge is -2.13. The van der Waals surface area contributed by atoms with E-state index in [2.05, 4.69) is 15.0 Å². The molecule has 1 aliphatic rings. The topological polar surface area (TPSA) is 90.9 Å². The molecule has 3 aromatic rings. The summed E-state index contributed by atoms with van der Waals surface area (Å²) in [5.41, 5.74) is 2.33. The SMILES string of the molecule is CN1CCC/C1=N\S(=O)(=O)c1cccc(NC(=O)c2ccccc2Nc2ccccc2)c1. The molecule has 1 fully saturated rings. The molecule has 0 aromatic heterocycles. The zero-order valence-electron chi connectivity index (χ0n) is 17.7. The predicted molar refractivity (Wildman–Crippen MR) is 127 cm³/mol. The van der Waals surface area contributed by atoms with Crippen LogP contribution in [-0.2, 0) is 10.0 Å². The van der Waals surface area contributed by atoms with Gasteiger partial charge in [-0.25, -0.2) is 0 Å². The van der Waals surface area contributed by atoms with Gasteiger partial charge in [0.05, 0.1) is 16.1 Å². The lowest BCUT2D eigenvalue weighted by molar-refractivity contribution is 0.102. The Balaban J connectivity index is 1.55. The summed E-state index contributed by atoms with van der Waals surface area (Å²) in [5.74, 6) is 0.209. The quantitative estimate of drug-likeness (QED) is 0.580. The van der Waals surface area contributed by atoms with Crippen molar-refractivity contribution in [1.82, 2.24) is 4.90 Å². The predicted octanol–water partition coefficient (Wildman–Crippen LogP) is 4.50. The van der Waals surface area contributed by atoms with Crippen molar-refractivity contribution in [1.29, 1.82) is 0 Å². The van der Waals surface area contributed by atoms with Crippen LogP contribution in [0.1, 0.15) is 23.2 Å². The Morgan fingerprint density at radius 2 is 1.66 bits per heavy atom. The fourth-order valence-electron chi connectivity index (χ4n) is 3.50. The fraction of sp³-hybridized carbons (Fsp3) is 0.167. The van der Waals surface area contributed by atoms with E-state index in [0.29, 0.717) is 29.2 Å². The zero-order valence-corrected chi connectivity index (χ0v) is 18.5. The van der Waals surface area contributed by atoms with Crippen LogP contribution in [0.4, 0.5) is 17.1 Å². The summed E-state index contributed by atoms with van der Waals surface area (Å²) < 4.78 is 29.5. The van der Waals surface area contributed by atoms with Crippen molar-refractivity contribution in [2.24, 2.45) is 4.40 Å². The number of sulfonamides is 1. The summed E-state index contributed by atoms with van der Waals surface area (Å²) in [6.07, 6.45) is 1.52. The van der Waals surface area contributed by atoms with Crippen LogP contribution in [0, 0.1) is 0 Å². The summed E-state index contributed by atoms with van der Waals surface area (Å²) in [4.78, 5) is 14.9. The van der Waals surface area contributed by atoms with Gasteiger partial charge in [-0.1, -0.05) is 36.4 Å². The van der Waals surface area contributed by atoms with Crippen molar-refractivity contribution in [2.75, 3.05) is 24.2 Å². The van der Waals surface area contributed by atoms with E-state index in [1.807, 2.05) is 54.4 Å². The van der Waals surface area contributed by atoms with E-state index < -0.39 is 10.0 Å². The van der Waals surface area contributed by atoms with Gasteiger partial charge in [0.25, 0.3) is 15.9 Å². The molecular formula is C24H24N4O3S. The minimum absolute atomic E-state index is 0.0406. The third kappa shape index (κ3) is 4.97. The number of nitrogens with zero attached hydrogens (tertiary/aromatic N) is 2. The van der Waals surface area contributed by atoms with Gasteiger partial charge in [-0.05, 0) is 48.9 Å². The average molecular weight is 449 g/mol. The van der Waals surface area contributed by atoms with Crippen LogP contribution in [-0.4, -0.2) is 38.7 Å². The first-order chi connectivity index (χ1) is 15.4.